The first-order valence-electron chi connectivity index (χ1n) is 5.66. The molecule has 0 unspecified atom stereocenters. The highest BCUT2D eigenvalue weighted by atomic mass is 16.6. The molecule has 2 aromatic rings. The van der Waals surface area contributed by atoms with E-state index >= 15 is 0 Å². The number of nitro benzene ring substituents is 1. The van der Waals surface area contributed by atoms with Crippen LogP contribution in [0.25, 0.3) is 0 Å². The molecule has 8 nitrogen and oxygen atoms in total. The molecule has 0 saturated carbocycles. The van der Waals surface area contributed by atoms with Gasteiger partial charge >= 0.3 is 0 Å². The Bertz CT molecular complexity index is 677. The second kappa shape index (κ2) is 5.74. The zero-order valence-electron chi connectivity index (χ0n) is 10.5. The minimum Gasteiger partial charge on any atom is -0.282 e. The predicted octanol–water partition coefficient (Wildman–Crippen LogP) is 1.39. The molecule has 0 fully saturated rings. The summed E-state index contributed by atoms with van der Waals surface area (Å²) in [6.07, 6.45) is 1.32. The van der Waals surface area contributed by atoms with Gasteiger partial charge in [-0.3, -0.25) is 20.0 Å². The normalized spacial score (nSPS) is 10.7. The van der Waals surface area contributed by atoms with Gasteiger partial charge in [-0.05, 0) is 13.0 Å². The number of carbonyl (C=O) groups excluding carboxylic acids is 1. The van der Waals surface area contributed by atoms with Crippen LogP contribution < -0.4 is 5.43 Å². The molecule has 0 aliphatic rings. The van der Waals surface area contributed by atoms with E-state index in [9.17, 15) is 14.9 Å². The number of hydrogen-bond donors (Lipinski definition) is 2. The number of hydrogen-bond acceptors (Lipinski definition) is 5. The van der Waals surface area contributed by atoms with Crippen molar-refractivity contribution in [1.29, 1.82) is 0 Å². The molecule has 0 aliphatic heterocycles. The molecule has 0 saturated heterocycles. The Kier molecular flexibility index (Phi) is 3.85. The molecule has 1 amide bonds. The zero-order chi connectivity index (χ0) is 14.5. The largest absolute Gasteiger partial charge is 0.291 e. The highest BCUT2D eigenvalue weighted by Gasteiger charge is 2.07. The number of carbonyl (C=O) groups is 1. The fourth-order valence-electron chi connectivity index (χ4n) is 1.48. The summed E-state index contributed by atoms with van der Waals surface area (Å²) in [6, 6.07) is 7.49. The zero-order valence-corrected chi connectivity index (χ0v) is 10.5. The molecule has 20 heavy (non-hydrogen) atoms. The second-order valence-corrected chi connectivity index (χ2v) is 3.99. The lowest BCUT2D eigenvalue weighted by molar-refractivity contribution is -0.384. The number of amides is 1. The van der Waals surface area contributed by atoms with Crippen molar-refractivity contribution in [2.75, 3.05) is 0 Å². The summed E-state index contributed by atoms with van der Waals surface area (Å²) in [7, 11) is 0. The molecule has 0 spiro atoms. The van der Waals surface area contributed by atoms with Crippen molar-refractivity contribution in [3.05, 3.63) is 57.4 Å². The van der Waals surface area contributed by atoms with Crippen LogP contribution in [-0.4, -0.2) is 27.2 Å². The maximum Gasteiger partial charge on any atom is 0.291 e. The van der Waals surface area contributed by atoms with Crippen LogP contribution in [-0.2, 0) is 0 Å². The van der Waals surface area contributed by atoms with E-state index in [0.29, 0.717) is 5.56 Å². The van der Waals surface area contributed by atoms with Crippen LogP contribution in [0.5, 0.6) is 0 Å². The number of benzene rings is 1. The number of nitrogens with zero attached hydrogens (tertiary/aromatic N) is 3. The standard InChI is InChI=1S/C12H11N5O3/c1-8-5-11(15-14-8)12(18)16-13-7-9-3-2-4-10(6-9)17(19)20/h2-7H,1H3,(H,14,15)(H,16,18). The SMILES string of the molecule is Cc1cc(C(=O)NN=Cc2cccc([N+](=O)[O-])c2)n[nH]1. The Balaban J connectivity index is 2.01. The summed E-state index contributed by atoms with van der Waals surface area (Å²) in [5.41, 5.74) is 3.74. The van der Waals surface area contributed by atoms with Crippen LogP contribution in [0.1, 0.15) is 21.7 Å². The summed E-state index contributed by atoms with van der Waals surface area (Å²) in [6.45, 7) is 1.77. The van der Waals surface area contributed by atoms with Gasteiger partial charge in [0.25, 0.3) is 11.6 Å². The first-order valence-corrected chi connectivity index (χ1v) is 5.66. The Hall–Kier alpha value is -3.03. The average Bonchev–Trinajstić information content (AvgIpc) is 2.86. The van der Waals surface area contributed by atoms with Crippen LogP contribution >= 0.6 is 0 Å². The number of aromatic amines is 1. The Morgan fingerprint density at radius 3 is 2.95 bits per heavy atom. The molecule has 1 aromatic heterocycles. The quantitative estimate of drug-likeness (QED) is 0.497. The first kappa shape index (κ1) is 13.4. The Morgan fingerprint density at radius 1 is 1.50 bits per heavy atom. The lowest BCUT2D eigenvalue weighted by Crippen LogP contribution is -2.18. The number of non-ortho nitro benzene ring substituents is 1. The fourth-order valence-corrected chi connectivity index (χ4v) is 1.48. The maximum atomic E-state index is 11.6. The minimum atomic E-state index is -0.498. The molecule has 102 valence electrons. The Labute approximate surface area is 113 Å². The first-order chi connectivity index (χ1) is 9.56. The third kappa shape index (κ3) is 3.25. The predicted molar refractivity (Wildman–Crippen MR) is 71.5 cm³/mol. The van der Waals surface area contributed by atoms with Crippen molar-refractivity contribution in [3.8, 4) is 0 Å². The van der Waals surface area contributed by atoms with Crippen molar-refractivity contribution < 1.29 is 9.72 Å². The van der Waals surface area contributed by atoms with Gasteiger partial charge in [-0.2, -0.15) is 10.2 Å². The summed E-state index contributed by atoms with van der Waals surface area (Å²) in [4.78, 5) is 21.7. The molecular weight excluding hydrogens is 262 g/mol. The summed E-state index contributed by atoms with van der Waals surface area (Å²) in [5, 5.41) is 20.7. The lowest BCUT2D eigenvalue weighted by Gasteiger charge is -1.96. The van der Waals surface area contributed by atoms with Crippen LogP contribution in [0.3, 0.4) is 0 Å². The Morgan fingerprint density at radius 2 is 2.30 bits per heavy atom. The van der Waals surface area contributed by atoms with E-state index in [0.717, 1.165) is 5.69 Å². The van der Waals surface area contributed by atoms with E-state index in [1.807, 2.05) is 0 Å². The molecule has 0 atom stereocenters. The second-order valence-electron chi connectivity index (χ2n) is 3.99. The molecule has 0 aliphatic carbocycles. The van der Waals surface area contributed by atoms with Gasteiger partial charge in [0, 0.05) is 23.4 Å². The van der Waals surface area contributed by atoms with Crippen LogP contribution in [0, 0.1) is 17.0 Å². The summed E-state index contributed by atoms with van der Waals surface area (Å²) in [5.74, 6) is -0.462. The van der Waals surface area contributed by atoms with E-state index in [2.05, 4.69) is 20.7 Å². The van der Waals surface area contributed by atoms with Gasteiger partial charge in [0.1, 0.15) is 0 Å². The van der Waals surface area contributed by atoms with Gasteiger partial charge in [0.15, 0.2) is 5.69 Å². The number of aryl methyl sites for hydroxylation is 1. The van der Waals surface area contributed by atoms with Crippen molar-refractivity contribution in [2.45, 2.75) is 6.92 Å². The molecule has 1 aromatic carbocycles. The topological polar surface area (TPSA) is 113 Å². The van der Waals surface area contributed by atoms with Gasteiger partial charge in [-0.25, -0.2) is 5.43 Å². The molecule has 0 bridgehead atoms. The van der Waals surface area contributed by atoms with Gasteiger partial charge in [-0.1, -0.05) is 12.1 Å². The van der Waals surface area contributed by atoms with Crippen LogP contribution in [0.15, 0.2) is 35.4 Å². The number of nitro groups is 1. The number of hydrazone groups is 1. The van der Waals surface area contributed by atoms with Crippen LogP contribution in [0.2, 0.25) is 0 Å². The number of aromatic nitrogens is 2. The van der Waals surface area contributed by atoms with Gasteiger partial charge < -0.3 is 0 Å². The van der Waals surface area contributed by atoms with Crippen molar-refractivity contribution in [2.24, 2.45) is 5.10 Å². The van der Waals surface area contributed by atoms with Gasteiger partial charge in [0.05, 0.1) is 11.1 Å². The fraction of sp³-hybridized carbons (Fsp3) is 0.0833. The minimum absolute atomic E-state index is 0.0387. The molecule has 0 radical (unpaired) electrons. The number of H-pyrrole nitrogens is 1. The molecule has 8 heteroatoms. The van der Waals surface area contributed by atoms with E-state index in [4.69, 9.17) is 0 Å². The van der Waals surface area contributed by atoms with Gasteiger partial charge in [-0.15, -0.1) is 0 Å². The molecule has 1 heterocycles. The van der Waals surface area contributed by atoms with Gasteiger partial charge in [0.2, 0.25) is 0 Å². The van der Waals surface area contributed by atoms with Crippen molar-refractivity contribution in [1.82, 2.24) is 15.6 Å². The highest BCUT2D eigenvalue weighted by Crippen LogP contribution is 2.11. The number of rotatable bonds is 4. The van der Waals surface area contributed by atoms with E-state index in [-0.39, 0.29) is 11.4 Å². The molecule has 2 rings (SSSR count). The van der Waals surface area contributed by atoms with E-state index in [1.165, 1.54) is 18.3 Å². The smallest absolute Gasteiger partial charge is 0.282 e. The number of nitrogens with one attached hydrogen (secondary N) is 2. The van der Waals surface area contributed by atoms with E-state index in [1.54, 1.807) is 25.1 Å². The highest BCUT2D eigenvalue weighted by molar-refractivity contribution is 5.93. The monoisotopic (exact) mass is 273 g/mol. The molecule has 2 N–H and O–H groups in total. The summed E-state index contributed by atoms with van der Waals surface area (Å²) >= 11 is 0. The van der Waals surface area contributed by atoms with E-state index < -0.39 is 10.8 Å². The van der Waals surface area contributed by atoms with Crippen LogP contribution in [0.4, 0.5) is 5.69 Å². The van der Waals surface area contributed by atoms with Crippen molar-refractivity contribution >= 4 is 17.8 Å². The lowest BCUT2D eigenvalue weighted by atomic mass is 10.2. The molecular formula is C12H11N5O3. The maximum absolute atomic E-state index is 11.6. The van der Waals surface area contributed by atoms with Crippen molar-refractivity contribution in [3.63, 3.8) is 0 Å². The third-order valence-corrected chi connectivity index (χ3v) is 2.40. The average molecular weight is 273 g/mol. The summed E-state index contributed by atoms with van der Waals surface area (Å²) < 4.78 is 0. The third-order valence-electron chi connectivity index (χ3n) is 2.40.